The normalized spacial score (nSPS) is 14.9. The summed E-state index contributed by atoms with van der Waals surface area (Å²) in [6, 6.07) is 4.18. The van der Waals surface area contributed by atoms with Crippen LogP contribution in [0.2, 0.25) is 0 Å². The molecule has 1 N–H and O–H groups in total. The van der Waals surface area contributed by atoms with Crippen molar-refractivity contribution in [3.8, 4) is 0 Å². The highest BCUT2D eigenvalue weighted by atomic mass is 32.2. The Morgan fingerprint density at radius 1 is 1.38 bits per heavy atom. The van der Waals surface area contributed by atoms with Crippen LogP contribution < -0.4 is 0 Å². The van der Waals surface area contributed by atoms with E-state index in [0.29, 0.717) is 15.6 Å². The highest BCUT2D eigenvalue weighted by molar-refractivity contribution is 7.91. The molecule has 1 heterocycles. The van der Waals surface area contributed by atoms with Crippen LogP contribution >= 0.6 is 11.3 Å². The van der Waals surface area contributed by atoms with Crippen LogP contribution in [0.25, 0.3) is 10.1 Å². The van der Waals surface area contributed by atoms with E-state index in [-0.39, 0.29) is 17.5 Å². The lowest BCUT2D eigenvalue weighted by Crippen LogP contribution is -2.41. The van der Waals surface area contributed by atoms with Crippen molar-refractivity contribution in [1.29, 1.82) is 0 Å². The summed E-state index contributed by atoms with van der Waals surface area (Å²) in [7, 11) is -1.52. The van der Waals surface area contributed by atoms with Crippen molar-refractivity contribution in [2.24, 2.45) is 0 Å². The molecule has 0 bridgehead atoms. The van der Waals surface area contributed by atoms with Gasteiger partial charge in [0.1, 0.15) is 10.7 Å². The Morgan fingerprint density at radius 3 is 2.54 bits per heavy atom. The van der Waals surface area contributed by atoms with Gasteiger partial charge in [0.2, 0.25) is 0 Å². The van der Waals surface area contributed by atoms with Crippen LogP contribution in [0, 0.1) is 5.82 Å². The molecule has 2 aromatic rings. The molecule has 0 aliphatic rings. The van der Waals surface area contributed by atoms with E-state index in [9.17, 15) is 22.7 Å². The first-order valence-corrected chi connectivity index (χ1v) is 10.1. The summed E-state index contributed by atoms with van der Waals surface area (Å²) in [5, 5.41) is 9.10. The molecule has 2 atom stereocenters. The van der Waals surface area contributed by atoms with Crippen molar-refractivity contribution in [3.63, 3.8) is 0 Å². The zero-order chi connectivity index (χ0) is 18.2. The first-order valence-electron chi connectivity index (χ1n) is 7.36. The topological polar surface area (TPSA) is 74.7 Å². The molecule has 24 heavy (non-hydrogen) atoms. The molecule has 0 aliphatic carbocycles. The van der Waals surface area contributed by atoms with Gasteiger partial charge in [-0.1, -0.05) is 6.07 Å². The van der Waals surface area contributed by atoms with Crippen LogP contribution in [0.4, 0.5) is 4.39 Å². The number of thiophene rings is 1. The van der Waals surface area contributed by atoms with Crippen LogP contribution in [-0.4, -0.2) is 49.0 Å². The molecule has 0 fully saturated rings. The second kappa shape index (κ2) is 6.78. The molecule has 0 saturated carbocycles. The lowest BCUT2D eigenvalue weighted by atomic mass is 10.1. The van der Waals surface area contributed by atoms with E-state index in [0.717, 1.165) is 11.3 Å². The van der Waals surface area contributed by atoms with Crippen LogP contribution in [0.15, 0.2) is 18.2 Å². The van der Waals surface area contributed by atoms with Gasteiger partial charge < -0.3 is 5.11 Å². The number of hydrogen-bond acceptors (Lipinski definition) is 5. The minimum absolute atomic E-state index is 0.0844. The number of benzene rings is 1. The number of aromatic carboxylic acids is 1. The highest BCUT2D eigenvalue weighted by Gasteiger charge is 2.28. The minimum atomic E-state index is -3.23. The van der Waals surface area contributed by atoms with E-state index in [2.05, 4.69) is 0 Å². The van der Waals surface area contributed by atoms with E-state index in [4.69, 9.17) is 0 Å². The largest absolute Gasteiger partial charge is 0.477 e. The third-order valence-electron chi connectivity index (χ3n) is 4.41. The van der Waals surface area contributed by atoms with Crippen molar-refractivity contribution in [1.82, 2.24) is 4.90 Å². The molecule has 0 saturated heterocycles. The molecule has 1 aromatic heterocycles. The maximum absolute atomic E-state index is 14.2. The van der Waals surface area contributed by atoms with E-state index >= 15 is 0 Å². The Labute approximate surface area is 144 Å². The number of carboxylic acids is 1. The fourth-order valence-corrected chi connectivity index (χ4v) is 4.59. The Bertz CT molecular complexity index is 876. The number of halogens is 1. The monoisotopic (exact) mass is 373 g/mol. The van der Waals surface area contributed by atoms with Gasteiger partial charge in [-0.2, -0.15) is 0 Å². The third-order valence-corrected chi connectivity index (χ3v) is 7.34. The SMILES string of the molecule is CC(C(C)S(C)(=O)=O)N(C)Cc1c(C(=O)O)sc2cccc(F)c12. The number of rotatable bonds is 6. The summed E-state index contributed by atoms with van der Waals surface area (Å²) in [5.41, 5.74) is 0.385. The number of sulfone groups is 1. The predicted octanol–water partition coefficient (Wildman–Crippen LogP) is 2.99. The average molecular weight is 373 g/mol. The Morgan fingerprint density at radius 2 is 2.00 bits per heavy atom. The number of hydrogen-bond donors (Lipinski definition) is 1. The molecular weight excluding hydrogens is 353 g/mol. The fourth-order valence-electron chi connectivity index (χ4n) is 2.60. The van der Waals surface area contributed by atoms with Gasteiger partial charge in [0.25, 0.3) is 0 Å². The quantitative estimate of drug-likeness (QED) is 0.842. The predicted molar refractivity (Wildman–Crippen MR) is 94.0 cm³/mol. The Hall–Kier alpha value is -1.51. The number of nitrogens with zero attached hydrogens (tertiary/aromatic N) is 1. The summed E-state index contributed by atoms with van der Waals surface area (Å²) < 4.78 is 38.3. The Balaban J connectivity index is 2.45. The molecule has 0 radical (unpaired) electrons. The zero-order valence-corrected chi connectivity index (χ0v) is 15.5. The molecule has 8 heteroatoms. The second-order valence-corrected chi connectivity index (χ2v) is 9.47. The minimum Gasteiger partial charge on any atom is -0.477 e. The van der Waals surface area contributed by atoms with Gasteiger partial charge in [-0.25, -0.2) is 17.6 Å². The molecule has 0 amide bonds. The van der Waals surface area contributed by atoms with Gasteiger partial charge >= 0.3 is 5.97 Å². The zero-order valence-electron chi connectivity index (χ0n) is 13.9. The van der Waals surface area contributed by atoms with Crippen molar-refractivity contribution < 1.29 is 22.7 Å². The van der Waals surface area contributed by atoms with Crippen LogP contribution in [0.3, 0.4) is 0 Å². The lowest BCUT2D eigenvalue weighted by molar-refractivity contribution is 0.0700. The molecule has 5 nitrogen and oxygen atoms in total. The summed E-state index contributed by atoms with van der Waals surface area (Å²) in [6.45, 7) is 3.53. The van der Waals surface area contributed by atoms with Crippen molar-refractivity contribution in [3.05, 3.63) is 34.5 Å². The average Bonchev–Trinajstić information content (AvgIpc) is 2.85. The number of carboxylic acid groups (broad SMARTS) is 1. The molecular formula is C16H20FNO4S2. The smallest absolute Gasteiger partial charge is 0.346 e. The van der Waals surface area contributed by atoms with Crippen LogP contribution in [0.5, 0.6) is 0 Å². The van der Waals surface area contributed by atoms with Crippen molar-refractivity contribution in [2.75, 3.05) is 13.3 Å². The second-order valence-electron chi connectivity index (χ2n) is 6.02. The van der Waals surface area contributed by atoms with E-state index in [1.807, 2.05) is 0 Å². The van der Waals surface area contributed by atoms with Crippen LogP contribution in [-0.2, 0) is 16.4 Å². The van der Waals surface area contributed by atoms with E-state index < -0.39 is 26.9 Å². The van der Waals surface area contributed by atoms with Gasteiger partial charge in [-0.15, -0.1) is 11.3 Å². The summed E-state index contributed by atoms with van der Waals surface area (Å²) in [4.78, 5) is 13.3. The van der Waals surface area contributed by atoms with Gasteiger partial charge in [-0.3, -0.25) is 4.90 Å². The number of carbonyl (C=O) groups is 1. The molecule has 132 valence electrons. The lowest BCUT2D eigenvalue weighted by Gasteiger charge is -2.29. The number of fused-ring (bicyclic) bond motifs is 1. The molecule has 2 rings (SSSR count). The Kier molecular flexibility index (Phi) is 5.31. The van der Waals surface area contributed by atoms with Gasteiger partial charge in [0.05, 0.1) is 5.25 Å². The molecule has 2 unspecified atom stereocenters. The molecule has 1 aromatic carbocycles. The maximum atomic E-state index is 14.2. The standard InChI is InChI=1S/C16H20FNO4S2/c1-9(10(2)24(4,21)22)18(3)8-11-14-12(17)6-5-7-13(14)23-15(11)16(19)20/h5-7,9-10H,8H2,1-4H3,(H,19,20). The molecule has 0 spiro atoms. The summed E-state index contributed by atoms with van der Waals surface area (Å²) >= 11 is 1.03. The van der Waals surface area contributed by atoms with E-state index in [1.54, 1.807) is 37.9 Å². The summed E-state index contributed by atoms with van der Waals surface area (Å²) in [5.74, 6) is -1.58. The molecule has 0 aliphatic heterocycles. The van der Waals surface area contributed by atoms with Crippen molar-refractivity contribution >= 4 is 37.2 Å². The van der Waals surface area contributed by atoms with Gasteiger partial charge in [0, 0.05) is 34.5 Å². The van der Waals surface area contributed by atoms with Crippen molar-refractivity contribution in [2.45, 2.75) is 31.7 Å². The van der Waals surface area contributed by atoms with E-state index in [1.165, 1.54) is 12.3 Å². The maximum Gasteiger partial charge on any atom is 0.346 e. The highest BCUT2D eigenvalue weighted by Crippen LogP contribution is 2.34. The van der Waals surface area contributed by atoms with Gasteiger partial charge in [0.15, 0.2) is 9.84 Å². The first kappa shape index (κ1) is 18.8. The first-order chi connectivity index (χ1) is 11.0. The van der Waals surface area contributed by atoms with Gasteiger partial charge in [-0.05, 0) is 33.0 Å². The fraction of sp³-hybridized carbons (Fsp3) is 0.438. The summed E-state index contributed by atoms with van der Waals surface area (Å²) in [6.07, 6.45) is 1.17. The van der Waals surface area contributed by atoms with Crippen LogP contribution in [0.1, 0.15) is 29.1 Å². The third kappa shape index (κ3) is 3.60.